The molecule has 4 heteroatoms. The summed E-state index contributed by atoms with van der Waals surface area (Å²) in [6.45, 7) is 6.53. The highest BCUT2D eigenvalue weighted by Crippen LogP contribution is 2.20. The Labute approximate surface area is 124 Å². The Kier molecular flexibility index (Phi) is 4.70. The van der Waals surface area contributed by atoms with E-state index in [1.807, 2.05) is 32.9 Å². The molecular formula is C17H21FN2O. The summed E-state index contributed by atoms with van der Waals surface area (Å²) in [5.74, 6) is -0.297. The van der Waals surface area contributed by atoms with Crippen molar-refractivity contribution in [3.8, 4) is 11.3 Å². The summed E-state index contributed by atoms with van der Waals surface area (Å²) in [5.41, 5.74) is 1.87. The first kappa shape index (κ1) is 15.6. The Morgan fingerprint density at radius 1 is 1.19 bits per heavy atom. The number of halogens is 1. The molecule has 0 saturated heterocycles. The smallest absolute Gasteiger partial charge is 0.123 e. The summed E-state index contributed by atoms with van der Waals surface area (Å²) in [6, 6.07) is 11.7. The van der Waals surface area contributed by atoms with Crippen LogP contribution < -0.4 is 5.32 Å². The first-order chi connectivity index (χ1) is 9.85. The van der Waals surface area contributed by atoms with Gasteiger partial charge >= 0.3 is 0 Å². The van der Waals surface area contributed by atoms with Crippen LogP contribution in [0.4, 0.5) is 4.39 Å². The maximum absolute atomic E-state index is 13.3. The molecule has 1 heterocycles. The molecule has 0 aliphatic carbocycles. The van der Waals surface area contributed by atoms with Gasteiger partial charge in [-0.05, 0) is 45.0 Å². The molecule has 0 fully saturated rings. The first-order valence-corrected chi connectivity index (χ1v) is 7.01. The number of nitrogens with zero attached hydrogens (tertiary/aromatic N) is 1. The van der Waals surface area contributed by atoms with E-state index in [9.17, 15) is 9.50 Å². The molecule has 0 aliphatic heterocycles. The lowest BCUT2D eigenvalue weighted by atomic mass is 10.1. The number of aromatic nitrogens is 1. The topological polar surface area (TPSA) is 45.1 Å². The molecule has 0 spiro atoms. The molecule has 1 aromatic heterocycles. The summed E-state index contributed by atoms with van der Waals surface area (Å²) in [6.07, 6.45) is -0.697. The molecule has 0 bridgehead atoms. The van der Waals surface area contributed by atoms with Gasteiger partial charge in [-0.25, -0.2) is 4.39 Å². The van der Waals surface area contributed by atoms with Crippen LogP contribution in [0.15, 0.2) is 42.5 Å². The molecule has 0 aliphatic rings. The molecule has 2 aromatic rings. The van der Waals surface area contributed by atoms with Crippen molar-refractivity contribution in [2.24, 2.45) is 0 Å². The molecule has 3 nitrogen and oxygen atoms in total. The van der Waals surface area contributed by atoms with Crippen LogP contribution in [0.25, 0.3) is 11.3 Å². The Bertz CT molecular complexity index is 608. The largest absolute Gasteiger partial charge is 0.385 e. The van der Waals surface area contributed by atoms with Gasteiger partial charge in [0.15, 0.2) is 0 Å². The zero-order valence-electron chi connectivity index (χ0n) is 12.6. The van der Waals surface area contributed by atoms with Gasteiger partial charge in [0, 0.05) is 17.6 Å². The fourth-order valence-electron chi connectivity index (χ4n) is 1.95. The SMILES string of the molecule is CC(C)(C)NC[C@@H](O)c1cccc(-c2cccc(F)c2)n1. The third-order valence-corrected chi connectivity index (χ3v) is 3.06. The zero-order valence-corrected chi connectivity index (χ0v) is 12.6. The van der Waals surface area contributed by atoms with E-state index in [1.165, 1.54) is 12.1 Å². The number of benzene rings is 1. The second-order valence-corrected chi connectivity index (χ2v) is 6.10. The predicted molar refractivity (Wildman–Crippen MR) is 82.3 cm³/mol. The molecule has 2 rings (SSSR count). The minimum atomic E-state index is -0.697. The monoisotopic (exact) mass is 288 g/mol. The number of β-amino-alcohol motifs (C(OH)–C–C–N with tert-alkyl or cyclic N) is 1. The fourth-order valence-corrected chi connectivity index (χ4v) is 1.95. The third-order valence-electron chi connectivity index (χ3n) is 3.06. The van der Waals surface area contributed by atoms with Crippen molar-refractivity contribution >= 4 is 0 Å². The highest BCUT2D eigenvalue weighted by atomic mass is 19.1. The number of nitrogens with one attached hydrogen (secondary N) is 1. The summed E-state index contributed by atoms with van der Waals surface area (Å²) in [7, 11) is 0. The standard InChI is InChI=1S/C17H21FN2O/c1-17(2,3)19-11-16(21)15-9-5-8-14(20-15)12-6-4-7-13(18)10-12/h4-10,16,19,21H,11H2,1-3H3/t16-/m1/s1. The second kappa shape index (κ2) is 6.33. The lowest BCUT2D eigenvalue weighted by molar-refractivity contribution is 0.159. The van der Waals surface area contributed by atoms with E-state index in [0.29, 0.717) is 23.5 Å². The van der Waals surface area contributed by atoms with Gasteiger partial charge in [-0.15, -0.1) is 0 Å². The van der Waals surface area contributed by atoms with Crippen LogP contribution in [0.2, 0.25) is 0 Å². The Morgan fingerprint density at radius 3 is 2.57 bits per heavy atom. The number of aliphatic hydroxyl groups is 1. The highest BCUT2D eigenvalue weighted by Gasteiger charge is 2.15. The van der Waals surface area contributed by atoms with Crippen molar-refractivity contribution in [2.75, 3.05) is 6.54 Å². The van der Waals surface area contributed by atoms with E-state index in [0.717, 1.165) is 0 Å². The van der Waals surface area contributed by atoms with Crippen molar-refractivity contribution in [1.29, 1.82) is 0 Å². The van der Waals surface area contributed by atoms with Crippen molar-refractivity contribution < 1.29 is 9.50 Å². The minimum Gasteiger partial charge on any atom is -0.385 e. The molecule has 112 valence electrons. The van der Waals surface area contributed by atoms with E-state index in [4.69, 9.17) is 0 Å². The minimum absolute atomic E-state index is 0.0683. The number of aliphatic hydroxyl groups excluding tert-OH is 1. The summed E-state index contributed by atoms with van der Waals surface area (Å²) in [5, 5.41) is 13.4. The molecule has 21 heavy (non-hydrogen) atoms. The van der Waals surface area contributed by atoms with Crippen LogP contribution in [0.3, 0.4) is 0 Å². The number of rotatable bonds is 4. The van der Waals surface area contributed by atoms with Gasteiger partial charge in [0.2, 0.25) is 0 Å². The van der Waals surface area contributed by atoms with E-state index >= 15 is 0 Å². The van der Waals surface area contributed by atoms with Gasteiger partial charge in [0.05, 0.1) is 11.4 Å². The van der Waals surface area contributed by atoms with Gasteiger partial charge in [-0.1, -0.05) is 18.2 Å². The fraction of sp³-hybridized carbons (Fsp3) is 0.353. The van der Waals surface area contributed by atoms with Crippen LogP contribution in [0.1, 0.15) is 32.6 Å². The average Bonchev–Trinajstić information content (AvgIpc) is 2.44. The molecule has 0 amide bonds. The van der Waals surface area contributed by atoms with E-state index < -0.39 is 6.10 Å². The summed E-state index contributed by atoms with van der Waals surface area (Å²) in [4.78, 5) is 4.43. The first-order valence-electron chi connectivity index (χ1n) is 7.01. The quantitative estimate of drug-likeness (QED) is 0.907. The third kappa shape index (κ3) is 4.62. The van der Waals surface area contributed by atoms with Crippen molar-refractivity contribution in [1.82, 2.24) is 10.3 Å². The Morgan fingerprint density at radius 2 is 1.90 bits per heavy atom. The Hall–Kier alpha value is -1.78. The molecular weight excluding hydrogens is 267 g/mol. The average molecular weight is 288 g/mol. The molecule has 0 unspecified atom stereocenters. The van der Waals surface area contributed by atoms with Crippen LogP contribution in [-0.4, -0.2) is 22.2 Å². The molecule has 0 saturated carbocycles. The van der Waals surface area contributed by atoms with Crippen LogP contribution in [0.5, 0.6) is 0 Å². The molecule has 2 N–H and O–H groups in total. The lowest BCUT2D eigenvalue weighted by Crippen LogP contribution is -2.38. The molecule has 1 aromatic carbocycles. The van der Waals surface area contributed by atoms with Crippen molar-refractivity contribution in [3.05, 3.63) is 54.0 Å². The highest BCUT2D eigenvalue weighted by molar-refractivity contribution is 5.59. The molecule has 0 radical (unpaired) electrons. The summed E-state index contributed by atoms with van der Waals surface area (Å²) >= 11 is 0. The van der Waals surface area contributed by atoms with E-state index in [2.05, 4.69) is 10.3 Å². The maximum atomic E-state index is 13.3. The molecule has 1 atom stereocenters. The Balaban J connectivity index is 2.18. The van der Waals surface area contributed by atoms with Crippen LogP contribution in [0, 0.1) is 5.82 Å². The van der Waals surface area contributed by atoms with Crippen molar-refractivity contribution in [2.45, 2.75) is 32.4 Å². The van der Waals surface area contributed by atoms with Crippen LogP contribution in [-0.2, 0) is 0 Å². The van der Waals surface area contributed by atoms with Crippen molar-refractivity contribution in [3.63, 3.8) is 0 Å². The van der Waals surface area contributed by atoms with Gasteiger partial charge in [-0.3, -0.25) is 4.98 Å². The maximum Gasteiger partial charge on any atom is 0.123 e. The van der Waals surface area contributed by atoms with Gasteiger partial charge in [0.25, 0.3) is 0 Å². The lowest BCUT2D eigenvalue weighted by Gasteiger charge is -2.22. The number of pyridine rings is 1. The van der Waals surface area contributed by atoms with Gasteiger partial charge < -0.3 is 10.4 Å². The van der Waals surface area contributed by atoms with Gasteiger partial charge in [0.1, 0.15) is 11.9 Å². The van der Waals surface area contributed by atoms with Gasteiger partial charge in [-0.2, -0.15) is 0 Å². The zero-order chi connectivity index (χ0) is 15.5. The van der Waals surface area contributed by atoms with E-state index in [-0.39, 0.29) is 11.4 Å². The second-order valence-electron chi connectivity index (χ2n) is 6.10. The number of hydrogen-bond donors (Lipinski definition) is 2. The van der Waals surface area contributed by atoms with E-state index in [1.54, 1.807) is 18.2 Å². The van der Waals surface area contributed by atoms with Crippen LogP contribution >= 0.6 is 0 Å². The normalized spacial score (nSPS) is 13.2. The summed E-state index contributed by atoms with van der Waals surface area (Å²) < 4.78 is 13.3. The number of hydrogen-bond acceptors (Lipinski definition) is 3. The predicted octanol–water partition coefficient (Wildman–Crippen LogP) is 3.31.